The van der Waals surface area contributed by atoms with E-state index in [9.17, 15) is 14.4 Å². The third-order valence-electron chi connectivity index (χ3n) is 15.5. The fourth-order valence-electron chi connectivity index (χ4n) is 11.2. The number of likely N-dealkylation sites (N-methyl/N-ethyl adjacent to an activating group) is 1. The Morgan fingerprint density at radius 1 is 0.420 bits per heavy atom. The van der Waals surface area contributed by atoms with Crippen molar-refractivity contribution in [2.45, 2.75) is 59.3 Å². The fourth-order valence-corrected chi connectivity index (χ4v) is 11.2. The molecule has 88 heavy (non-hydrogen) atoms. The minimum Gasteiger partial charge on any atom is -0.463 e. The molecule has 4 aromatic heterocycles. The Labute approximate surface area is 516 Å². The van der Waals surface area contributed by atoms with Gasteiger partial charge in [0.25, 0.3) is 0 Å². The Hall–Kier alpha value is -10.2. The number of rotatable bonds is 16. The summed E-state index contributed by atoms with van der Waals surface area (Å²) in [6.45, 7) is 11.4. The smallest absolute Gasteiger partial charge is 0.331 e. The van der Waals surface area contributed by atoms with Crippen LogP contribution in [0.1, 0.15) is 98.9 Å². The zero-order chi connectivity index (χ0) is 61.9. The van der Waals surface area contributed by atoms with E-state index < -0.39 is 0 Å². The van der Waals surface area contributed by atoms with Gasteiger partial charge >= 0.3 is 5.97 Å². The first kappa shape index (κ1) is 62.3. The lowest BCUT2D eigenvalue weighted by atomic mass is 9.88. The molecular formula is C77H79N7O4. The van der Waals surface area contributed by atoms with Gasteiger partial charge < -0.3 is 40.6 Å². The second-order valence-corrected chi connectivity index (χ2v) is 22.0. The number of aromatic amines is 4. The van der Waals surface area contributed by atoms with E-state index in [1.165, 1.54) is 38.7 Å². The number of aromatic nitrogens is 4. The number of ether oxygens (including phenoxy) is 1. The summed E-state index contributed by atoms with van der Waals surface area (Å²) in [6, 6.07) is 75.0. The van der Waals surface area contributed by atoms with Gasteiger partial charge in [0.1, 0.15) is 0 Å². The highest BCUT2D eigenvalue weighted by atomic mass is 16.5. The lowest BCUT2D eigenvalue weighted by Gasteiger charge is -2.18. The molecule has 12 rings (SSSR count). The molecular weight excluding hydrogens is 1090 g/mol. The molecule has 0 aliphatic carbocycles. The summed E-state index contributed by atoms with van der Waals surface area (Å²) < 4.78 is 5.09. The van der Waals surface area contributed by atoms with Crippen LogP contribution in [0.4, 0.5) is 0 Å². The minimum atomic E-state index is -0.323. The molecule has 0 radical (unpaired) electrons. The summed E-state index contributed by atoms with van der Waals surface area (Å²) in [5, 5.41) is 13.4. The molecule has 2 unspecified atom stereocenters. The highest BCUT2D eigenvalue weighted by molar-refractivity contribution is 6.01. The first-order valence-corrected chi connectivity index (χ1v) is 30.0. The van der Waals surface area contributed by atoms with Gasteiger partial charge in [0.05, 0.1) is 6.61 Å². The molecule has 0 saturated carbocycles. The van der Waals surface area contributed by atoms with Crippen molar-refractivity contribution >= 4 is 72.5 Å². The largest absolute Gasteiger partial charge is 0.463 e. The third-order valence-corrected chi connectivity index (χ3v) is 15.5. The molecule has 0 aliphatic heterocycles. The first-order chi connectivity index (χ1) is 42.8. The SMILES string of the molecule is CCOC(=O)/C=C(/c1ccccc1)c1ccc2[nH]c(C)cc2c1.CNC(=O)/C=C(/c1ccccc1)c1ccc2[nH]c(C)cc2c1.CNC(=O)CC(c1ccccc1)c1ccc2[nH]c(C)cc2c1.CNCCC(c1ccccc1)c1ccc2[nH]c(C)cc2c1. The van der Waals surface area contributed by atoms with Crippen molar-refractivity contribution in [1.29, 1.82) is 0 Å². The number of carbonyl (C=O) groups excluding carboxylic acids is 3. The summed E-state index contributed by atoms with van der Waals surface area (Å²) in [6.07, 6.45) is 4.78. The predicted octanol–water partition coefficient (Wildman–Crippen LogP) is 16.1. The Morgan fingerprint density at radius 3 is 1.22 bits per heavy atom. The van der Waals surface area contributed by atoms with E-state index in [1.54, 1.807) is 26.2 Å². The van der Waals surface area contributed by atoms with Crippen LogP contribution in [0.3, 0.4) is 0 Å². The normalized spacial score (nSPS) is 12.0. The second kappa shape index (κ2) is 30.2. The molecule has 8 aromatic carbocycles. The number of carbonyl (C=O) groups is 3. The first-order valence-electron chi connectivity index (χ1n) is 30.0. The van der Waals surface area contributed by atoms with Crippen LogP contribution >= 0.6 is 0 Å². The van der Waals surface area contributed by atoms with E-state index in [0.717, 1.165) is 96.3 Å². The standard InChI is InChI=1S/C20H19NO2.C19H20N2O.C19H18N2O.C19H22N2/c1-3-23-20(22)13-18(15-7-5-4-6-8-15)16-9-10-19-17(12-16)11-14(2)21-19;2*1-13-10-16-11-15(8-9-18(16)21-13)17(12-19(22)20-2)14-6-4-3-5-7-14;1-14-12-17-13-16(8-9-19(17)21-14)18(10-11-20-2)15-6-4-3-5-7-15/h4-13,21H,3H2,1-2H3;3-11,17,21H,12H2,1-2H3,(H,20,22);3-12,21H,1-2H3,(H,20,22);3-9,12-13,18,20-21H,10-11H2,1-2H3/b18-13-;;17-12-;. The number of hydrogen-bond acceptors (Lipinski definition) is 5. The number of H-pyrrole nitrogens is 4. The zero-order valence-corrected chi connectivity index (χ0v) is 51.6. The lowest BCUT2D eigenvalue weighted by Crippen LogP contribution is -2.21. The van der Waals surface area contributed by atoms with Crippen LogP contribution in [0, 0.1) is 27.7 Å². The lowest BCUT2D eigenvalue weighted by molar-refractivity contribution is -0.137. The molecule has 0 aliphatic rings. The molecule has 2 atom stereocenters. The van der Waals surface area contributed by atoms with Crippen molar-refractivity contribution in [2.75, 3.05) is 34.3 Å². The molecule has 2 amide bonds. The fraction of sp³-hybridized carbons (Fsp3) is 0.182. The molecule has 0 fully saturated rings. The maximum atomic E-state index is 12.0. The van der Waals surface area contributed by atoms with E-state index in [-0.39, 0.29) is 23.7 Å². The molecule has 11 nitrogen and oxygen atoms in total. The summed E-state index contributed by atoms with van der Waals surface area (Å²) in [7, 11) is 5.34. The number of esters is 1. The van der Waals surface area contributed by atoms with Gasteiger partial charge in [-0.25, -0.2) is 4.79 Å². The highest BCUT2D eigenvalue weighted by Gasteiger charge is 2.19. The van der Waals surface area contributed by atoms with Gasteiger partial charge in [0, 0.05) is 100 Å². The Bertz CT molecular complexity index is 4320. The van der Waals surface area contributed by atoms with Crippen molar-refractivity contribution in [2.24, 2.45) is 0 Å². The van der Waals surface area contributed by atoms with Crippen LogP contribution in [0.2, 0.25) is 0 Å². The van der Waals surface area contributed by atoms with E-state index in [1.807, 2.05) is 125 Å². The molecule has 446 valence electrons. The van der Waals surface area contributed by atoms with Crippen LogP contribution in [0.15, 0.2) is 231 Å². The average molecular weight is 1170 g/mol. The highest BCUT2D eigenvalue weighted by Crippen LogP contribution is 2.33. The Morgan fingerprint density at radius 2 is 0.807 bits per heavy atom. The molecule has 0 spiro atoms. The maximum absolute atomic E-state index is 12.0. The molecule has 0 saturated heterocycles. The van der Waals surface area contributed by atoms with E-state index in [4.69, 9.17) is 4.74 Å². The quantitative estimate of drug-likeness (QED) is 0.0378. The maximum Gasteiger partial charge on any atom is 0.331 e. The summed E-state index contributed by atoms with van der Waals surface area (Å²) in [5.41, 5.74) is 20.1. The number of hydrogen-bond donors (Lipinski definition) is 7. The molecule has 0 bridgehead atoms. The molecule has 12 aromatic rings. The van der Waals surface area contributed by atoms with Gasteiger partial charge in [0.15, 0.2) is 0 Å². The summed E-state index contributed by atoms with van der Waals surface area (Å²) in [5.74, 6) is 0.138. The molecule has 7 N–H and O–H groups in total. The summed E-state index contributed by atoms with van der Waals surface area (Å²) in [4.78, 5) is 49.1. The monoisotopic (exact) mass is 1170 g/mol. The van der Waals surface area contributed by atoms with Crippen molar-refractivity contribution in [3.8, 4) is 0 Å². The molecule has 11 heteroatoms. The van der Waals surface area contributed by atoms with Crippen LogP contribution in [0.25, 0.3) is 54.8 Å². The van der Waals surface area contributed by atoms with E-state index in [2.05, 4.69) is 171 Å². The van der Waals surface area contributed by atoms with Gasteiger partial charge in [-0.05, 0) is 194 Å². The van der Waals surface area contributed by atoms with Gasteiger partial charge in [0.2, 0.25) is 11.8 Å². The van der Waals surface area contributed by atoms with Gasteiger partial charge in [-0.15, -0.1) is 0 Å². The van der Waals surface area contributed by atoms with Crippen molar-refractivity contribution in [3.63, 3.8) is 0 Å². The second-order valence-electron chi connectivity index (χ2n) is 22.0. The Kier molecular flexibility index (Phi) is 21.4. The van der Waals surface area contributed by atoms with Gasteiger partial charge in [-0.1, -0.05) is 146 Å². The zero-order valence-electron chi connectivity index (χ0n) is 51.6. The van der Waals surface area contributed by atoms with Crippen LogP contribution in [-0.4, -0.2) is 72.0 Å². The third kappa shape index (κ3) is 16.4. The van der Waals surface area contributed by atoms with E-state index in [0.29, 0.717) is 18.9 Å². The van der Waals surface area contributed by atoms with Crippen LogP contribution in [-0.2, 0) is 19.1 Å². The van der Waals surface area contributed by atoms with Crippen molar-refractivity contribution in [3.05, 3.63) is 298 Å². The topological polar surface area (TPSA) is 160 Å². The predicted molar refractivity (Wildman–Crippen MR) is 364 cm³/mol. The summed E-state index contributed by atoms with van der Waals surface area (Å²) >= 11 is 0. The number of aryl methyl sites for hydroxylation is 4. The molecule has 4 heterocycles. The van der Waals surface area contributed by atoms with Crippen molar-refractivity contribution in [1.82, 2.24) is 35.9 Å². The van der Waals surface area contributed by atoms with Gasteiger partial charge in [-0.2, -0.15) is 0 Å². The average Bonchev–Trinajstić information content (AvgIpc) is 3.00. The van der Waals surface area contributed by atoms with Crippen LogP contribution < -0.4 is 16.0 Å². The number of amides is 2. The number of fused-ring (bicyclic) bond motifs is 4. The number of benzene rings is 8. The minimum absolute atomic E-state index is 0.0548. The van der Waals surface area contributed by atoms with Gasteiger partial charge in [-0.3, -0.25) is 9.59 Å². The van der Waals surface area contributed by atoms with Crippen molar-refractivity contribution < 1.29 is 19.1 Å². The van der Waals surface area contributed by atoms with E-state index >= 15 is 0 Å². The van der Waals surface area contributed by atoms with Crippen LogP contribution in [0.5, 0.6) is 0 Å². The Balaban J connectivity index is 0.000000140. The number of nitrogens with one attached hydrogen (secondary N) is 7.